The summed E-state index contributed by atoms with van der Waals surface area (Å²) in [5.41, 5.74) is 8.43. The van der Waals surface area contributed by atoms with E-state index in [0.29, 0.717) is 0 Å². The molecule has 2 aromatic heterocycles. The fourth-order valence-corrected chi connectivity index (χ4v) is 7.67. The van der Waals surface area contributed by atoms with Crippen molar-refractivity contribution in [1.29, 1.82) is 0 Å². The highest BCUT2D eigenvalue weighted by Gasteiger charge is 2.17. The molecule has 214 valence electrons. The van der Waals surface area contributed by atoms with Crippen LogP contribution in [0.2, 0.25) is 0 Å². The molecule has 0 bridgehead atoms. The fraction of sp³-hybridized carbons (Fsp3) is 0. The summed E-state index contributed by atoms with van der Waals surface area (Å²) in [6.45, 7) is 0. The van der Waals surface area contributed by atoms with Crippen LogP contribution in [-0.2, 0) is 0 Å². The maximum absolute atomic E-state index is 2.41. The normalized spacial score (nSPS) is 11.9. The molecular weight excluding hydrogens is 556 g/mol. The third-order valence-corrected chi connectivity index (χ3v) is 9.74. The molecule has 46 heavy (non-hydrogen) atoms. The molecule has 0 atom stereocenters. The Balaban J connectivity index is 1.13. The standard InChI is InChI=1S/C44H28N2/c1-2-10-31(11-3-1)45-27-26-39-41(45)24-25-43-44(39)38-16-8-9-17-42(38)46(43)32-21-18-29(19-22-32)30-20-23-37-35-14-5-4-12-33(35)34-13-6-7-15-36(34)40(37)28-30/h1-28H. The summed E-state index contributed by atoms with van der Waals surface area (Å²) in [6.07, 6.45) is 2.19. The van der Waals surface area contributed by atoms with Crippen LogP contribution in [0.5, 0.6) is 0 Å². The Morgan fingerprint density at radius 1 is 0.304 bits per heavy atom. The Bertz CT molecular complexity index is 2740. The lowest BCUT2D eigenvalue weighted by atomic mass is 9.92. The van der Waals surface area contributed by atoms with E-state index in [2.05, 4.69) is 179 Å². The van der Waals surface area contributed by atoms with Crippen LogP contribution < -0.4 is 0 Å². The van der Waals surface area contributed by atoms with Crippen LogP contribution in [0.15, 0.2) is 170 Å². The molecule has 2 heteroatoms. The monoisotopic (exact) mass is 584 g/mol. The van der Waals surface area contributed by atoms with Gasteiger partial charge in [0.05, 0.1) is 16.6 Å². The second-order valence-electron chi connectivity index (χ2n) is 12.2. The maximum atomic E-state index is 2.41. The van der Waals surface area contributed by atoms with Gasteiger partial charge >= 0.3 is 0 Å². The molecule has 0 saturated heterocycles. The minimum Gasteiger partial charge on any atom is -0.317 e. The first-order valence-corrected chi connectivity index (χ1v) is 15.9. The van der Waals surface area contributed by atoms with Gasteiger partial charge in [0.25, 0.3) is 0 Å². The molecule has 0 saturated carbocycles. The lowest BCUT2D eigenvalue weighted by Crippen LogP contribution is -1.94. The van der Waals surface area contributed by atoms with Crippen LogP contribution in [0.1, 0.15) is 0 Å². The summed E-state index contributed by atoms with van der Waals surface area (Å²) in [4.78, 5) is 0. The first kappa shape index (κ1) is 25.2. The van der Waals surface area contributed by atoms with Gasteiger partial charge in [-0.05, 0) is 98.0 Å². The van der Waals surface area contributed by atoms with Crippen molar-refractivity contribution in [3.05, 3.63) is 170 Å². The Morgan fingerprint density at radius 2 is 0.848 bits per heavy atom. The van der Waals surface area contributed by atoms with Crippen LogP contribution in [0, 0.1) is 0 Å². The fourth-order valence-electron chi connectivity index (χ4n) is 7.67. The highest BCUT2D eigenvalue weighted by Crippen LogP contribution is 2.40. The van der Waals surface area contributed by atoms with Crippen molar-refractivity contribution < 1.29 is 0 Å². The van der Waals surface area contributed by atoms with Gasteiger partial charge in [0.15, 0.2) is 0 Å². The highest BCUT2D eigenvalue weighted by atomic mass is 15.0. The van der Waals surface area contributed by atoms with Gasteiger partial charge in [-0.3, -0.25) is 0 Å². The lowest BCUT2D eigenvalue weighted by molar-refractivity contribution is 1.13. The zero-order valence-electron chi connectivity index (χ0n) is 25.1. The molecule has 0 aliphatic carbocycles. The molecule has 0 spiro atoms. The van der Waals surface area contributed by atoms with Crippen molar-refractivity contribution in [2.45, 2.75) is 0 Å². The topological polar surface area (TPSA) is 9.86 Å². The smallest absolute Gasteiger partial charge is 0.0548 e. The first-order valence-electron chi connectivity index (χ1n) is 15.9. The van der Waals surface area contributed by atoms with E-state index in [9.17, 15) is 0 Å². The molecule has 0 aliphatic rings. The molecule has 10 aromatic rings. The molecule has 0 unspecified atom stereocenters. The Labute approximate surface area is 266 Å². The Morgan fingerprint density at radius 3 is 1.57 bits per heavy atom. The summed E-state index contributed by atoms with van der Waals surface area (Å²) in [7, 11) is 0. The summed E-state index contributed by atoms with van der Waals surface area (Å²) in [5, 5.41) is 11.6. The number of rotatable bonds is 3. The van der Waals surface area contributed by atoms with Crippen molar-refractivity contribution in [1.82, 2.24) is 9.13 Å². The van der Waals surface area contributed by atoms with Crippen LogP contribution in [0.3, 0.4) is 0 Å². The van der Waals surface area contributed by atoms with Crippen LogP contribution in [-0.4, -0.2) is 9.13 Å². The molecule has 0 fully saturated rings. The van der Waals surface area contributed by atoms with E-state index in [-0.39, 0.29) is 0 Å². The van der Waals surface area contributed by atoms with E-state index in [1.165, 1.54) is 81.8 Å². The second kappa shape index (κ2) is 9.69. The largest absolute Gasteiger partial charge is 0.317 e. The second-order valence-corrected chi connectivity index (χ2v) is 12.2. The van der Waals surface area contributed by atoms with E-state index in [0.717, 1.165) is 5.69 Å². The average molecular weight is 585 g/mol. The summed E-state index contributed by atoms with van der Waals surface area (Å²) >= 11 is 0. The van der Waals surface area contributed by atoms with E-state index in [4.69, 9.17) is 0 Å². The average Bonchev–Trinajstić information content (AvgIpc) is 3.71. The number of hydrogen-bond donors (Lipinski definition) is 0. The molecule has 0 aliphatic heterocycles. The molecule has 10 rings (SSSR count). The number of hydrogen-bond acceptors (Lipinski definition) is 0. The maximum Gasteiger partial charge on any atom is 0.0548 e. The van der Waals surface area contributed by atoms with Gasteiger partial charge in [-0.25, -0.2) is 0 Å². The molecule has 2 nitrogen and oxygen atoms in total. The van der Waals surface area contributed by atoms with Gasteiger partial charge in [0.1, 0.15) is 0 Å². The third kappa shape index (κ3) is 3.59. The first-order chi connectivity index (χ1) is 22.8. The molecule has 0 N–H and O–H groups in total. The van der Waals surface area contributed by atoms with Crippen LogP contribution in [0.25, 0.3) is 87.5 Å². The van der Waals surface area contributed by atoms with Gasteiger partial charge in [-0.2, -0.15) is 0 Å². The molecule has 0 amide bonds. The summed E-state index contributed by atoms with van der Waals surface area (Å²) < 4.78 is 4.69. The predicted octanol–water partition coefficient (Wildman–Crippen LogP) is 11.9. The van der Waals surface area contributed by atoms with Gasteiger partial charge < -0.3 is 9.13 Å². The van der Waals surface area contributed by atoms with Crippen molar-refractivity contribution in [2.75, 3.05) is 0 Å². The zero-order chi connectivity index (χ0) is 30.2. The number of aromatic nitrogens is 2. The number of nitrogens with zero attached hydrogens (tertiary/aromatic N) is 2. The van der Waals surface area contributed by atoms with E-state index < -0.39 is 0 Å². The van der Waals surface area contributed by atoms with Crippen molar-refractivity contribution in [3.63, 3.8) is 0 Å². The molecule has 2 heterocycles. The van der Waals surface area contributed by atoms with Crippen molar-refractivity contribution in [3.8, 4) is 22.5 Å². The van der Waals surface area contributed by atoms with E-state index in [1.807, 2.05) is 0 Å². The van der Waals surface area contributed by atoms with Crippen molar-refractivity contribution >= 4 is 65.0 Å². The van der Waals surface area contributed by atoms with Gasteiger partial charge in [0.2, 0.25) is 0 Å². The number of fused-ring (bicyclic) bond motifs is 11. The highest BCUT2D eigenvalue weighted by molar-refractivity contribution is 6.26. The van der Waals surface area contributed by atoms with Gasteiger partial charge in [0, 0.05) is 33.7 Å². The van der Waals surface area contributed by atoms with Crippen molar-refractivity contribution in [2.24, 2.45) is 0 Å². The minimum absolute atomic E-state index is 1.16. The number of para-hydroxylation sites is 2. The minimum atomic E-state index is 1.16. The van der Waals surface area contributed by atoms with E-state index >= 15 is 0 Å². The Hall–Kier alpha value is -6.12. The van der Waals surface area contributed by atoms with Gasteiger partial charge in [-0.15, -0.1) is 0 Å². The summed E-state index contributed by atoms with van der Waals surface area (Å²) in [6, 6.07) is 59.7. The predicted molar refractivity (Wildman–Crippen MR) is 196 cm³/mol. The van der Waals surface area contributed by atoms with Crippen LogP contribution in [0.4, 0.5) is 0 Å². The molecule has 8 aromatic carbocycles. The Kier molecular flexibility index (Phi) is 5.31. The quantitative estimate of drug-likeness (QED) is 0.183. The molecule has 0 radical (unpaired) electrons. The van der Waals surface area contributed by atoms with Crippen LogP contribution >= 0.6 is 0 Å². The zero-order valence-corrected chi connectivity index (χ0v) is 25.1. The number of benzene rings is 8. The van der Waals surface area contributed by atoms with E-state index in [1.54, 1.807) is 0 Å². The SMILES string of the molecule is c1ccc(-n2ccc3c4c5ccccc5n(-c5ccc(-c6ccc7c8ccccc8c8ccccc8c7c6)cc5)c4ccc32)cc1. The lowest BCUT2D eigenvalue weighted by Gasteiger charge is -2.13. The third-order valence-electron chi connectivity index (χ3n) is 9.74. The molecular formula is C44H28N2. The van der Waals surface area contributed by atoms with Gasteiger partial charge in [-0.1, -0.05) is 109 Å². The summed E-state index contributed by atoms with van der Waals surface area (Å²) in [5.74, 6) is 0.